The highest BCUT2D eigenvalue weighted by Gasteiger charge is 1.92. The summed E-state index contributed by atoms with van der Waals surface area (Å²) in [6.07, 6.45) is 1.69. The second-order valence-corrected chi connectivity index (χ2v) is 2.47. The highest BCUT2D eigenvalue weighted by Crippen LogP contribution is 2.11. The summed E-state index contributed by atoms with van der Waals surface area (Å²) in [4.78, 5) is 7.82. The number of hydrogen-bond acceptors (Lipinski definition) is 3. The SMILES string of the molecule is CCNc1ccc(N=C(N)N)nc1.Cl. The lowest BCUT2D eigenvalue weighted by atomic mass is 10.4. The molecule has 14 heavy (non-hydrogen) atoms. The summed E-state index contributed by atoms with van der Waals surface area (Å²) < 4.78 is 0. The third kappa shape index (κ3) is 3.95. The molecule has 0 aliphatic carbocycles. The van der Waals surface area contributed by atoms with Gasteiger partial charge in [-0.1, -0.05) is 0 Å². The van der Waals surface area contributed by atoms with Crippen molar-refractivity contribution in [2.24, 2.45) is 16.5 Å². The Kier molecular flexibility index (Phi) is 5.40. The fraction of sp³-hybridized carbons (Fsp3) is 0.250. The number of rotatable bonds is 3. The number of pyridine rings is 1. The van der Waals surface area contributed by atoms with Gasteiger partial charge in [-0.2, -0.15) is 4.99 Å². The number of hydrogen-bond donors (Lipinski definition) is 3. The minimum Gasteiger partial charge on any atom is -0.384 e. The Hall–Kier alpha value is -1.49. The van der Waals surface area contributed by atoms with Gasteiger partial charge in [0.25, 0.3) is 0 Å². The van der Waals surface area contributed by atoms with E-state index in [0.717, 1.165) is 12.2 Å². The summed E-state index contributed by atoms with van der Waals surface area (Å²) in [5, 5.41) is 3.11. The highest BCUT2D eigenvalue weighted by atomic mass is 35.5. The molecule has 0 unspecified atom stereocenters. The van der Waals surface area contributed by atoms with Crippen molar-refractivity contribution in [1.29, 1.82) is 0 Å². The number of nitrogens with two attached hydrogens (primary N) is 2. The summed E-state index contributed by atoms with van der Waals surface area (Å²) in [5.41, 5.74) is 11.3. The molecule has 6 heteroatoms. The maximum atomic E-state index is 5.19. The first-order chi connectivity index (χ1) is 6.22. The molecular weight excluding hydrogens is 202 g/mol. The van der Waals surface area contributed by atoms with Crippen LogP contribution in [0.15, 0.2) is 23.3 Å². The van der Waals surface area contributed by atoms with Gasteiger partial charge in [-0.3, -0.25) is 0 Å². The van der Waals surface area contributed by atoms with E-state index < -0.39 is 0 Å². The summed E-state index contributed by atoms with van der Waals surface area (Å²) in [6.45, 7) is 2.88. The lowest BCUT2D eigenvalue weighted by Gasteiger charge is -2.01. The molecule has 0 aliphatic heterocycles. The molecule has 1 rings (SSSR count). The van der Waals surface area contributed by atoms with Crippen LogP contribution in [-0.4, -0.2) is 17.5 Å². The van der Waals surface area contributed by atoms with Crippen LogP contribution in [-0.2, 0) is 0 Å². The van der Waals surface area contributed by atoms with E-state index in [1.165, 1.54) is 0 Å². The van der Waals surface area contributed by atoms with Crippen LogP contribution in [0.2, 0.25) is 0 Å². The number of aliphatic imine (C=N–C) groups is 1. The van der Waals surface area contributed by atoms with E-state index in [1.807, 2.05) is 13.0 Å². The van der Waals surface area contributed by atoms with Gasteiger partial charge in [-0.25, -0.2) is 4.98 Å². The van der Waals surface area contributed by atoms with E-state index >= 15 is 0 Å². The minimum atomic E-state index is 0. The molecule has 0 amide bonds. The Bertz CT molecular complexity index is 291. The predicted octanol–water partition coefficient (Wildman–Crippen LogP) is 0.840. The van der Waals surface area contributed by atoms with Crippen LogP contribution in [0.4, 0.5) is 11.5 Å². The molecule has 1 aromatic heterocycles. The lowest BCUT2D eigenvalue weighted by molar-refractivity contribution is 1.18. The molecule has 0 fully saturated rings. The minimum absolute atomic E-state index is 0. The van der Waals surface area contributed by atoms with E-state index in [9.17, 15) is 0 Å². The number of halogens is 1. The Morgan fingerprint density at radius 2 is 2.21 bits per heavy atom. The zero-order chi connectivity index (χ0) is 9.68. The van der Waals surface area contributed by atoms with Crippen molar-refractivity contribution < 1.29 is 0 Å². The smallest absolute Gasteiger partial charge is 0.192 e. The first-order valence-corrected chi connectivity index (χ1v) is 4.02. The summed E-state index contributed by atoms with van der Waals surface area (Å²) in [7, 11) is 0. The molecule has 5 N–H and O–H groups in total. The predicted molar refractivity (Wildman–Crippen MR) is 61.1 cm³/mol. The van der Waals surface area contributed by atoms with E-state index in [4.69, 9.17) is 11.5 Å². The topological polar surface area (TPSA) is 89.3 Å². The van der Waals surface area contributed by atoms with Crippen LogP contribution in [0, 0.1) is 0 Å². The van der Waals surface area contributed by atoms with Crippen molar-refractivity contribution in [3.05, 3.63) is 18.3 Å². The number of nitrogens with one attached hydrogen (secondary N) is 1. The van der Waals surface area contributed by atoms with Gasteiger partial charge in [0.2, 0.25) is 0 Å². The zero-order valence-corrected chi connectivity index (χ0v) is 8.71. The van der Waals surface area contributed by atoms with Crippen LogP contribution >= 0.6 is 12.4 Å². The molecule has 0 atom stereocenters. The fourth-order valence-corrected chi connectivity index (χ4v) is 0.893. The molecule has 0 aromatic carbocycles. The summed E-state index contributed by atoms with van der Waals surface area (Å²) in [6, 6.07) is 3.62. The first-order valence-electron chi connectivity index (χ1n) is 4.02. The van der Waals surface area contributed by atoms with Gasteiger partial charge in [0.1, 0.15) is 0 Å². The van der Waals surface area contributed by atoms with Gasteiger partial charge in [-0.05, 0) is 19.1 Å². The van der Waals surface area contributed by atoms with Crippen molar-refractivity contribution in [3.8, 4) is 0 Å². The molecule has 1 aromatic rings. The molecule has 0 saturated carbocycles. The van der Waals surface area contributed by atoms with Crippen molar-refractivity contribution in [2.75, 3.05) is 11.9 Å². The third-order valence-corrected chi connectivity index (χ3v) is 1.37. The van der Waals surface area contributed by atoms with E-state index in [2.05, 4.69) is 15.3 Å². The average molecular weight is 216 g/mol. The molecule has 0 aliphatic rings. The highest BCUT2D eigenvalue weighted by molar-refractivity contribution is 5.85. The van der Waals surface area contributed by atoms with Crippen molar-refractivity contribution >= 4 is 29.9 Å². The third-order valence-electron chi connectivity index (χ3n) is 1.37. The molecule has 78 valence electrons. The number of guanidine groups is 1. The molecule has 0 radical (unpaired) electrons. The molecule has 1 heterocycles. The fourth-order valence-electron chi connectivity index (χ4n) is 0.893. The van der Waals surface area contributed by atoms with Crippen molar-refractivity contribution in [3.63, 3.8) is 0 Å². The maximum Gasteiger partial charge on any atom is 0.192 e. The molecule has 0 saturated heterocycles. The first kappa shape index (κ1) is 12.5. The molecule has 5 nitrogen and oxygen atoms in total. The van der Waals surface area contributed by atoms with E-state index in [1.54, 1.807) is 12.3 Å². The number of anilines is 1. The standard InChI is InChI=1S/C8H13N5.ClH/c1-2-11-6-3-4-7(12-5-6)13-8(9)10;/h3-5,11H,2H2,1H3,(H4,9,10,12,13);1H. The van der Waals surface area contributed by atoms with E-state index in [-0.39, 0.29) is 18.4 Å². The van der Waals surface area contributed by atoms with Gasteiger partial charge in [0.05, 0.1) is 11.9 Å². The second kappa shape index (κ2) is 6.04. The molecule has 0 bridgehead atoms. The summed E-state index contributed by atoms with van der Waals surface area (Å²) >= 11 is 0. The Morgan fingerprint density at radius 3 is 2.64 bits per heavy atom. The van der Waals surface area contributed by atoms with Crippen LogP contribution in [0.25, 0.3) is 0 Å². The van der Waals surface area contributed by atoms with Crippen LogP contribution in [0.5, 0.6) is 0 Å². The normalized spacial score (nSPS) is 8.64. The Balaban J connectivity index is 0.00000169. The monoisotopic (exact) mass is 215 g/mol. The van der Waals surface area contributed by atoms with Crippen LogP contribution in [0.3, 0.4) is 0 Å². The maximum absolute atomic E-state index is 5.19. The number of nitrogens with zero attached hydrogens (tertiary/aromatic N) is 2. The Morgan fingerprint density at radius 1 is 1.50 bits per heavy atom. The van der Waals surface area contributed by atoms with Crippen molar-refractivity contribution in [2.45, 2.75) is 6.92 Å². The number of aromatic nitrogens is 1. The lowest BCUT2D eigenvalue weighted by Crippen LogP contribution is -2.22. The van der Waals surface area contributed by atoms with Gasteiger partial charge >= 0.3 is 0 Å². The van der Waals surface area contributed by atoms with Crippen LogP contribution in [0.1, 0.15) is 6.92 Å². The quantitative estimate of drug-likeness (QED) is 0.515. The zero-order valence-electron chi connectivity index (χ0n) is 7.90. The van der Waals surface area contributed by atoms with Crippen LogP contribution < -0.4 is 16.8 Å². The second-order valence-electron chi connectivity index (χ2n) is 2.47. The summed E-state index contributed by atoms with van der Waals surface area (Å²) in [5.74, 6) is 0.533. The Labute approximate surface area is 89.0 Å². The van der Waals surface area contributed by atoms with E-state index in [0.29, 0.717) is 5.82 Å². The largest absolute Gasteiger partial charge is 0.384 e. The van der Waals surface area contributed by atoms with Gasteiger partial charge < -0.3 is 16.8 Å². The molecular formula is C8H14ClN5. The van der Waals surface area contributed by atoms with Gasteiger partial charge in [0, 0.05) is 6.54 Å². The molecule has 0 spiro atoms. The average Bonchev–Trinajstić information content (AvgIpc) is 2.08. The van der Waals surface area contributed by atoms with Gasteiger partial charge in [0.15, 0.2) is 11.8 Å². The van der Waals surface area contributed by atoms with Crippen molar-refractivity contribution in [1.82, 2.24) is 4.98 Å². The van der Waals surface area contributed by atoms with Gasteiger partial charge in [-0.15, -0.1) is 12.4 Å².